The summed E-state index contributed by atoms with van der Waals surface area (Å²) in [5, 5.41) is 0. The van der Waals surface area contributed by atoms with Crippen LogP contribution in [0.1, 0.15) is 23.7 Å². The van der Waals surface area contributed by atoms with Crippen LogP contribution in [0.5, 0.6) is 5.75 Å². The van der Waals surface area contributed by atoms with E-state index in [-0.39, 0.29) is 22.7 Å². The van der Waals surface area contributed by atoms with Gasteiger partial charge in [0.05, 0.1) is 18.5 Å². The molecule has 9 heteroatoms. The number of amides is 1. The average Bonchev–Trinajstić information content (AvgIpc) is 2.65. The molecule has 8 nitrogen and oxygen atoms in total. The van der Waals surface area contributed by atoms with Gasteiger partial charge in [0, 0.05) is 12.1 Å². The number of benzene rings is 2. The number of nitrogens with one attached hydrogen (secondary N) is 1. The fourth-order valence-electron chi connectivity index (χ4n) is 2.44. The maximum Gasteiger partial charge on any atom is 0.266 e. The van der Waals surface area contributed by atoms with Gasteiger partial charge in [-0.05, 0) is 48.9 Å². The molecular weight excluding hydrogens is 356 g/mol. The monoisotopic (exact) mass is 378 g/mol. The van der Waals surface area contributed by atoms with Crippen molar-refractivity contribution >= 4 is 27.3 Å². The largest absolute Gasteiger partial charge is 0.497 e. The molecule has 26 heavy (non-hydrogen) atoms. The Morgan fingerprint density at radius 1 is 1.19 bits per heavy atom. The molecule has 0 aliphatic rings. The number of nitrogens with two attached hydrogens (primary N) is 2. The number of hydrogen-bond acceptors (Lipinski definition) is 6. The average molecular weight is 378 g/mol. The van der Waals surface area contributed by atoms with Crippen LogP contribution in [0.3, 0.4) is 0 Å². The van der Waals surface area contributed by atoms with Gasteiger partial charge in [-0.1, -0.05) is 6.92 Å². The van der Waals surface area contributed by atoms with Crippen molar-refractivity contribution in [1.29, 1.82) is 0 Å². The lowest BCUT2D eigenvalue weighted by Crippen LogP contribution is -2.33. The number of rotatable bonds is 7. The predicted octanol–water partition coefficient (Wildman–Crippen LogP) is 1.49. The topological polar surface area (TPSA) is 128 Å². The van der Waals surface area contributed by atoms with Gasteiger partial charge < -0.3 is 10.5 Å². The number of sulfonamides is 1. The Kier molecular flexibility index (Phi) is 6.06. The standard InChI is InChI=1S/C17H22N4O4S/c1-3-10-21(13-5-7-14(25-2)8-6-13)26(23,24)16-11-12(17(22)20-19)4-9-15(16)18/h4-9,11H,3,10,18-19H2,1-2H3,(H,20,22). The van der Waals surface area contributed by atoms with E-state index < -0.39 is 15.9 Å². The number of anilines is 2. The second-order valence-electron chi connectivity index (χ2n) is 5.50. The Hall–Kier alpha value is -2.78. The summed E-state index contributed by atoms with van der Waals surface area (Å²) in [6.07, 6.45) is 0.591. The van der Waals surface area contributed by atoms with E-state index in [1.54, 1.807) is 24.3 Å². The summed E-state index contributed by atoms with van der Waals surface area (Å²) in [7, 11) is -2.45. The molecule has 2 rings (SSSR count). The molecule has 0 unspecified atom stereocenters. The van der Waals surface area contributed by atoms with Gasteiger partial charge in [0.2, 0.25) is 0 Å². The van der Waals surface area contributed by atoms with Gasteiger partial charge in [0.1, 0.15) is 10.6 Å². The van der Waals surface area contributed by atoms with Crippen molar-refractivity contribution < 1.29 is 17.9 Å². The van der Waals surface area contributed by atoms with Gasteiger partial charge in [-0.2, -0.15) is 0 Å². The van der Waals surface area contributed by atoms with Crippen LogP contribution < -0.4 is 26.0 Å². The smallest absolute Gasteiger partial charge is 0.266 e. The zero-order chi connectivity index (χ0) is 19.3. The molecule has 0 saturated heterocycles. The summed E-state index contributed by atoms with van der Waals surface area (Å²) in [5.74, 6) is 5.14. The highest BCUT2D eigenvalue weighted by Crippen LogP contribution is 2.29. The molecular formula is C17H22N4O4S. The number of hydrogen-bond donors (Lipinski definition) is 3. The number of nitrogen functional groups attached to an aromatic ring is 2. The fraction of sp³-hybridized carbons (Fsp3) is 0.235. The lowest BCUT2D eigenvalue weighted by Gasteiger charge is -2.25. The van der Waals surface area contributed by atoms with Crippen molar-refractivity contribution in [1.82, 2.24) is 5.43 Å². The minimum absolute atomic E-state index is 0.0492. The number of carbonyl (C=O) groups excluding carboxylic acids is 1. The van der Waals surface area contributed by atoms with Gasteiger partial charge in [0.15, 0.2) is 0 Å². The molecule has 0 heterocycles. The van der Waals surface area contributed by atoms with E-state index >= 15 is 0 Å². The number of carbonyl (C=O) groups is 1. The first-order valence-corrected chi connectivity index (χ1v) is 9.36. The Balaban J connectivity index is 2.55. The van der Waals surface area contributed by atoms with Crippen LogP contribution in [0.25, 0.3) is 0 Å². The van der Waals surface area contributed by atoms with Crippen molar-refractivity contribution in [3.05, 3.63) is 48.0 Å². The first-order chi connectivity index (χ1) is 12.3. The maximum atomic E-state index is 13.2. The van der Waals surface area contributed by atoms with Crippen molar-refractivity contribution in [2.24, 2.45) is 5.84 Å². The normalized spacial score (nSPS) is 11.0. The van der Waals surface area contributed by atoms with E-state index in [1.165, 1.54) is 29.6 Å². The van der Waals surface area contributed by atoms with E-state index in [0.29, 0.717) is 17.9 Å². The van der Waals surface area contributed by atoms with E-state index in [9.17, 15) is 13.2 Å². The molecule has 0 spiro atoms. The molecule has 0 aliphatic carbocycles. The molecule has 0 aromatic heterocycles. The van der Waals surface area contributed by atoms with E-state index in [4.69, 9.17) is 16.3 Å². The van der Waals surface area contributed by atoms with Crippen LogP contribution in [0.15, 0.2) is 47.4 Å². The van der Waals surface area contributed by atoms with Crippen LogP contribution in [-0.2, 0) is 10.0 Å². The Morgan fingerprint density at radius 2 is 1.85 bits per heavy atom. The Labute approximate surface area is 152 Å². The summed E-state index contributed by atoms with van der Waals surface area (Å²) in [5.41, 5.74) is 8.49. The third-order valence-corrected chi connectivity index (χ3v) is 5.65. The number of methoxy groups -OCH3 is 1. The zero-order valence-corrected chi connectivity index (χ0v) is 15.4. The van der Waals surface area contributed by atoms with Crippen molar-refractivity contribution in [3.63, 3.8) is 0 Å². The van der Waals surface area contributed by atoms with Crippen LogP contribution in [-0.4, -0.2) is 28.0 Å². The highest BCUT2D eigenvalue weighted by Gasteiger charge is 2.27. The number of nitrogens with zero attached hydrogens (tertiary/aromatic N) is 1. The van der Waals surface area contributed by atoms with Gasteiger partial charge in [-0.25, -0.2) is 14.3 Å². The second-order valence-corrected chi connectivity index (χ2v) is 7.33. The molecule has 0 saturated carbocycles. The molecule has 0 bridgehead atoms. The van der Waals surface area contributed by atoms with Crippen LogP contribution >= 0.6 is 0 Å². The molecule has 0 fully saturated rings. The predicted molar refractivity (Wildman–Crippen MR) is 100 cm³/mol. The molecule has 0 aliphatic heterocycles. The SMILES string of the molecule is CCCN(c1ccc(OC)cc1)S(=O)(=O)c1cc(C(=O)NN)ccc1N. The summed E-state index contributed by atoms with van der Waals surface area (Å²) < 4.78 is 32.8. The van der Waals surface area contributed by atoms with Crippen LogP contribution in [0.4, 0.5) is 11.4 Å². The molecule has 0 radical (unpaired) electrons. The summed E-state index contributed by atoms with van der Waals surface area (Å²) >= 11 is 0. The molecule has 0 atom stereocenters. The minimum Gasteiger partial charge on any atom is -0.497 e. The lowest BCUT2D eigenvalue weighted by molar-refractivity contribution is 0.0953. The highest BCUT2D eigenvalue weighted by molar-refractivity contribution is 7.93. The van der Waals surface area contributed by atoms with Crippen molar-refractivity contribution in [3.8, 4) is 5.75 Å². The van der Waals surface area contributed by atoms with Gasteiger partial charge in [-0.15, -0.1) is 0 Å². The van der Waals surface area contributed by atoms with E-state index in [0.717, 1.165) is 0 Å². The third-order valence-electron chi connectivity index (χ3n) is 3.76. The second kappa shape index (κ2) is 8.07. The zero-order valence-electron chi connectivity index (χ0n) is 14.6. The van der Waals surface area contributed by atoms with Crippen LogP contribution in [0, 0.1) is 0 Å². The fourth-order valence-corrected chi connectivity index (χ4v) is 4.14. The Bertz CT molecular complexity index is 882. The summed E-state index contributed by atoms with van der Waals surface area (Å²) in [6, 6.07) is 10.7. The van der Waals surface area contributed by atoms with Crippen LogP contribution in [0.2, 0.25) is 0 Å². The molecule has 140 valence electrons. The number of ether oxygens (including phenoxy) is 1. The van der Waals surface area contributed by atoms with E-state index in [2.05, 4.69) is 0 Å². The summed E-state index contributed by atoms with van der Waals surface area (Å²) in [4.78, 5) is 11.6. The quantitative estimate of drug-likeness (QED) is 0.290. The van der Waals surface area contributed by atoms with Crippen molar-refractivity contribution in [2.75, 3.05) is 23.7 Å². The minimum atomic E-state index is -3.98. The van der Waals surface area contributed by atoms with Gasteiger partial charge in [-0.3, -0.25) is 14.5 Å². The molecule has 1 amide bonds. The Morgan fingerprint density at radius 3 is 2.38 bits per heavy atom. The number of hydrazine groups is 1. The van der Waals surface area contributed by atoms with Crippen molar-refractivity contribution in [2.45, 2.75) is 18.2 Å². The first kappa shape index (κ1) is 19.5. The highest BCUT2D eigenvalue weighted by atomic mass is 32.2. The molecule has 2 aromatic rings. The van der Waals surface area contributed by atoms with Gasteiger partial charge in [0.25, 0.3) is 15.9 Å². The van der Waals surface area contributed by atoms with E-state index in [1.807, 2.05) is 12.3 Å². The summed E-state index contributed by atoms with van der Waals surface area (Å²) in [6.45, 7) is 2.12. The maximum absolute atomic E-state index is 13.2. The van der Waals surface area contributed by atoms with Gasteiger partial charge >= 0.3 is 0 Å². The lowest BCUT2D eigenvalue weighted by atomic mass is 10.2. The third kappa shape index (κ3) is 3.89. The molecule has 5 N–H and O–H groups in total. The first-order valence-electron chi connectivity index (χ1n) is 7.92. The molecule has 2 aromatic carbocycles.